The van der Waals surface area contributed by atoms with Gasteiger partial charge in [0.05, 0.1) is 18.9 Å². The molecule has 0 radical (unpaired) electrons. The quantitative estimate of drug-likeness (QED) is 0.805. The number of hydrogen-bond acceptors (Lipinski definition) is 4. The molecule has 5 nitrogen and oxygen atoms in total. The highest BCUT2D eigenvalue weighted by molar-refractivity contribution is 5.87. The Hall–Kier alpha value is -2.53. The van der Waals surface area contributed by atoms with E-state index in [0.29, 0.717) is 24.7 Å². The third kappa shape index (κ3) is 5.23. The van der Waals surface area contributed by atoms with Crippen molar-refractivity contribution in [2.45, 2.75) is 32.6 Å². The van der Waals surface area contributed by atoms with Gasteiger partial charge in [0.15, 0.2) is 0 Å². The summed E-state index contributed by atoms with van der Waals surface area (Å²) in [6.45, 7) is 6.77. The Labute approximate surface area is 161 Å². The number of anilines is 1. The second-order valence-electron chi connectivity index (χ2n) is 6.84. The number of rotatable bonds is 6. The van der Waals surface area contributed by atoms with Gasteiger partial charge >= 0.3 is 6.09 Å². The Bertz CT molecular complexity index is 762. The van der Waals surface area contributed by atoms with Crippen LogP contribution in [-0.4, -0.2) is 32.4 Å². The van der Waals surface area contributed by atoms with Gasteiger partial charge in [-0.05, 0) is 61.7 Å². The molecule has 1 atom stereocenters. The fourth-order valence-electron chi connectivity index (χ4n) is 3.30. The maximum atomic E-state index is 12.3. The zero-order chi connectivity index (χ0) is 19.1. The van der Waals surface area contributed by atoms with E-state index in [1.165, 1.54) is 11.1 Å². The Morgan fingerprint density at radius 1 is 1.15 bits per heavy atom. The normalized spacial score (nSPS) is 14.6. The lowest BCUT2D eigenvalue weighted by Gasteiger charge is -2.17. The molecule has 144 valence electrons. The van der Waals surface area contributed by atoms with E-state index >= 15 is 0 Å². The van der Waals surface area contributed by atoms with Gasteiger partial charge in [-0.15, -0.1) is 0 Å². The Morgan fingerprint density at radius 2 is 1.85 bits per heavy atom. The van der Waals surface area contributed by atoms with Crippen LogP contribution in [0.1, 0.15) is 36.5 Å². The maximum Gasteiger partial charge on any atom is 0.411 e. The Kier molecular flexibility index (Phi) is 6.71. The molecule has 1 amide bonds. The summed E-state index contributed by atoms with van der Waals surface area (Å²) in [6.07, 6.45) is 1.45. The molecule has 2 aromatic rings. The summed E-state index contributed by atoms with van der Waals surface area (Å²) in [7, 11) is 0. The summed E-state index contributed by atoms with van der Waals surface area (Å²) in [5.41, 5.74) is 4.35. The number of ether oxygens (including phenoxy) is 2. The fourth-order valence-corrected chi connectivity index (χ4v) is 3.30. The van der Waals surface area contributed by atoms with Crippen molar-refractivity contribution in [1.82, 2.24) is 5.32 Å². The second-order valence-corrected chi connectivity index (χ2v) is 6.84. The third-order valence-corrected chi connectivity index (χ3v) is 4.81. The fraction of sp³-hybridized carbons (Fsp3) is 0.409. The van der Waals surface area contributed by atoms with Crippen LogP contribution < -0.4 is 15.4 Å². The standard InChI is InChI=1S/C22H28N2O3/c1-3-26-21-14-19-10-12-23-11-9-18(19)13-20(21)24-22(25)27-15-16(2)17-7-5-4-6-8-17/h4-8,13-14,16,23H,3,9-12,15H2,1-2H3,(H,24,25). The van der Waals surface area contributed by atoms with E-state index < -0.39 is 6.09 Å². The predicted octanol–water partition coefficient (Wildman–Crippen LogP) is 4.13. The van der Waals surface area contributed by atoms with Crippen molar-refractivity contribution >= 4 is 11.8 Å². The minimum Gasteiger partial charge on any atom is -0.492 e. The van der Waals surface area contributed by atoms with Crippen LogP contribution >= 0.6 is 0 Å². The lowest BCUT2D eigenvalue weighted by atomic mass is 10.0. The van der Waals surface area contributed by atoms with Crippen molar-refractivity contribution in [2.75, 3.05) is 31.6 Å². The molecule has 2 aromatic carbocycles. The number of carbonyl (C=O) groups is 1. The molecule has 27 heavy (non-hydrogen) atoms. The molecule has 2 N–H and O–H groups in total. The molecule has 0 spiro atoms. The molecule has 0 bridgehead atoms. The number of carbonyl (C=O) groups excluding carboxylic acids is 1. The van der Waals surface area contributed by atoms with Crippen LogP contribution in [0.5, 0.6) is 5.75 Å². The van der Waals surface area contributed by atoms with E-state index in [1.54, 1.807) is 0 Å². The summed E-state index contributed by atoms with van der Waals surface area (Å²) >= 11 is 0. The predicted molar refractivity (Wildman–Crippen MR) is 108 cm³/mol. The Balaban J connectivity index is 1.66. The minimum absolute atomic E-state index is 0.140. The molecular weight excluding hydrogens is 340 g/mol. The topological polar surface area (TPSA) is 59.6 Å². The van der Waals surface area contributed by atoms with Crippen LogP contribution in [0.15, 0.2) is 42.5 Å². The van der Waals surface area contributed by atoms with Gasteiger partial charge in [-0.3, -0.25) is 5.32 Å². The van der Waals surface area contributed by atoms with E-state index in [-0.39, 0.29) is 5.92 Å². The SMILES string of the molecule is CCOc1cc2c(cc1NC(=O)OCC(C)c1ccccc1)CCNCC2. The molecule has 0 saturated carbocycles. The summed E-state index contributed by atoms with van der Waals surface area (Å²) in [5, 5.41) is 6.27. The van der Waals surface area contributed by atoms with Gasteiger partial charge in [0.2, 0.25) is 0 Å². The van der Waals surface area contributed by atoms with Crippen molar-refractivity contribution in [3.05, 3.63) is 59.2 Å². The zero-order valence-electron chi connectivity index (χ0n) is 16.1. The summed E-state index contributed by atoms with van der Waals surface area (Å²) in [6, 6.07) is 14.1. The van der Waals surface area contributed by atoms with Crippen LogP contribution in [-0.2, 0) is 17.6 Å². The molecule has 1 unspecified atom stereocenters. The van der Waals surface area contributed by atoms with E-state index in [9.17, 15) is 4.79 Å². The monoisotopic (exact) mass is 368 g/mol. The number of fused-ring (bicyclic) bond motifs is 1. The lowest BCUT2D eigenvalue weighted by molar-refractivity contribution is 0.155. The average molecular weight is 368 g/mol. The summed E-state index contributed by atoms with van der Waals surface area (Å²) in [5.74, 6) is 0.840. The van der Waals surface area contributed by atoms with Gasteiger partial charge in [-0.1, -0.05) is 37.3 Å². The van der Waals surface area contributed by atoms with Crippen LogP contribution in [0.3, 0.4) is 0 Å². The highest BCUT2D eigenvalue weighted by Crippen LogP contribution is 2.30. The van der Waals surface area contributed by atoms with Crippen LogP contribution in [0.2, 0.25) is 0 Å². The lowest BCUT2D eigenvalue weighted by Crippen LogP contribution is -2.18. The van der Waals surface area contributed by atoms with Crippen molar-refractivity contribution < 1.29 is 14.3 Å². The Morgan fingerprint density at radius 3 is 2.56 bits per heavy atom. The van der Waals surface area contributed by atoms with Crippen LogP contribution in [0, 0.1) is 0 Å². The second kappa shape index (κ2) is 9.42. The first-order valence-corrected chi connectivity index (χ1v) is 9.65. The number of hydrogen-bond donors (Lipinski definition) is 2. The first-order chi connectivity index (χ1) is 13.2. The largest absolute Gasteiger partial charge is 0.492 e. The molecular formula is C22H28N2O3. The van der Waals surface area contributed by atoms with Crippen molar-refractivity contribution in [3.63, 3.8) is 0 Å². The van der Waals surface area contributed by atoms with Gasteiger partial charge in [-0.25, -0.2) is 4.79 Å². The van der Waals surface area contributed by atoms with E-state index in [2.05, 4.69) is 10.6 Å². The first-order valence-electron chi connectivity index (χ1n) is 9.65. The highest BCUT2D eigenvalue weighted by Gasteiger charge is 2.16. The first kappa shape index (κ1) is 19.2. The smallest absolute Gasteiger partial charge is 0.411 e. The molecule has 0 fully saturated rings. The molecule has 0 aliphatic carbocycles. The van der Waals surface area contributed by atoms with Gasteiger partial charge in [0.1, 0.15) is 5.75 Å². The average Bonchev–Trinajstić information content (AvgIpc) is 2.92. The van der Waals surface area contributed by atoms with Crippen molar-refractivity contribution in [2.24, 2.45) is 0 Å². The molecule has 1 aliphatic heterocycles. The summed E-state index contributed by atoms with van der Waals surface area (Å²) < 4.78 is 11.2. The van der Waals surface area contributed by atoms with E-state index in [0.717, 1.165) is 31.5 Å². The van der Waals surface area contributed by atoms with Crippen molar-refractivity contribution in [3.8, 4) is 5.75 Å². The maximum absolute atomic E-state index is 12.3. The van der Waals surface area contributed by atoms with Crippen molar-refractivity contribution in [1.29, 1.82) is 0 Å². The van der Waals surface area contributed by atoms with Gasteiger partial charge < -0.3 is 14.8 Å². The van der Waals surface area contributed by atoms with Crippen LogP contribution in [0.4, 0.5) is 10.5 Å². The van der Waals surface area contributed by atoms with E-state index in [1.807, 2.05) is 56.3 Å². The number of benzene rings is 2. The zero-order valence-corrected chi connectivity index (χ0v) is 16.1. The molecule has 0 saturated heterocycles. The molecule has 0 aromatic heterocycles. The molecule has 5 heteroatoms. The molecule has 1 aliphatic rings. The number of nitrogens with one attached hydrogen (secondary N) is 2. The number of amides is 1. The molecule has 1 heterocycles. The van der Waals surface area contributed by atoms with Gasteiger partial charge in [0, 0.05) is 5.92 Å². The third-order valence-electron chi connectivity index (χ3n) is 4.81. The van der Waals surface area contributed by atoms with Gasteiger partial charge in [0.25, 0.3) is 0 Å². The summed E-state index contributed by atoms with van der Waals surface area (Å²) in [4.78, 5) is 12.3. The molecule has 3 rings (SSSR count). The minimum atomic E-state index is -0.453. The van der Waals surface area contributed by atoms with E-state index in [4.69, 9.17) is 9.47 Å². The van der Waals surface area contributed by atoms with Gasteiger partial charge in [-0.2, -0.15) is 0 Å². The van der Waals surface area contributed by atoms with Crippen LogP contribution in [0.25, 0.3) is 0 Å². The highest BCUT2D eigenvalue weighted by atomic mass is 16.5.